The van der Waals surface area contributed by atoms with Crippen LogP contribution < -0.4 is 21.3 Å². The zero-order valence-corrected chi connectivity index (χ0v) is 18.8. The normalized spacial score (nSPS) is 11.1. The number of hydrogen-bond acceptors (Lipinski definition) is 7. The van der Waals surface area contributed by atoms with Crippen LogP contribution in [-0.4, -0.2) is 47.0 Å². The Hall–Kier alpha value is -3.53. The fraction of sp³-hybridized carbons (Fsp3) is 0.0400. The molecule has 4 aromatic carbocycles. The van der Waals surface area contributed by atoms with Crippen LogP contribution >= 0.6 is 0 Å². The number of anilines is 1. The molecular formula is C25H24B3NO6. The summed E-state index contributed by atoms with van der Waals surface area (Å²) in [5.41, 5.74) is 9.83. The molecule has 0 heterocycles. The van der Waals surface area contributed by atoms with E-state index < -0.39 is 27.3 Å². The van der Waals surface area contributed by atoms with Crippen LogP contribution in [0.15, 0.2) is 97.1 Å². The van der Waals surface area contributed by atoms with Gasteiger partial charge in [-0.1, -0.05) is 72.8 Å². The van der Waals surface area contributed by atoms with Gasteiger partial charge in [0.05, 0.1) is 5.41 Å². The van der Waals surface area contributed by atoms with E-state index >= 15 is 0 Å². The molecule has 4 aromatic rings. The molecule has 0 bridgehead atoms. The van der Waals surface area contributed by atoms with Gasteiger partial charge in [0.2, 0.25) is 0 Å². The van der Waals surface area contributed by atoms with Crippen molar-refractivity contribution in [3.05, 3.63) is 119 Å². The van der Waals surface area contributed by atoms with Crippen molar-refractivity contribution >= 4 is 38.5 Å². The first-order valence-electron chi connectivity index (χ1n) is 11.0. The molecule has 0 amide bonds. The molecule has 0 unspecified atom stereocenters. The summed E-state index contributed by atoms with van der Waals surface area (Å²) in [7, 11) is -3.65. The second-order valence-electron chi connectivity index (χ2n) is 8.16. The first-order valence-corrected chi connectivity index (χ1v) is 11.0. The molecule has 0 fully saturated rings. The molecule has 10 heteroatoms. The van der Waals surface area contributed by atoms with Crippen LogP contribution in [-0.2, 0) is 5.41 Å². The molecule has 0 aliphatic carbocycles. The van der Waals surface area contributed by atoms with Crippen molar-refractivity contribution in [2.45, 2.75) is 5.41 Å². The Morgan fingerprint density at radius 1 is 0.571 bits per heavy atom. The van der Waals surface area contributed by atoms with E-state index in [9.17, 15) is 20.1 Å². The average Bonchev–Trinajstić information content (AvgIpc) is 2.87. The molecule has 0 aliphatic rings. The topological polar surface area (TPSA) is 136 Å². The van der Waals surface area contributed by atoms with E-state index in [0.717, 1.165) is 22.3 Å². The summed E-state index contributed by atoms with van der Waals surface area (Å²) in [6, 6.07) is 28.7. The van der Waals surface area contributed by atoms with Gasteiger partial charge in [-0.15, -0.1) is 0 Å². The van der Waals surface area contributed by atoms with Crippen molar-refractivity contribution in [2.75, 3.05) is 5.73 Å². The molecule has 0 saturated heterocycles. The van der Waals surface area contributed by atoms with Crippen molar-refractivity contribution in [1.29, 1.82) is 0 Å². The summed E-state index contributed by atoms with van der Waals surface area (Å²) in [4.78, 5) is 0. The van der Waals surface area contributed by atoms with E-state index in [1.54, 1.807) is 36.4 Å². The van der Waals surface area contributed by atoms with Crippen LogP contribution in [0.5, 0.6) is 5.75 Å². The standard InChI is InChI=1S/C25H24B3NO6/c29-23-13-5-19(6-14-23)25(17-1-9-21(10-2-17)27(31)32,18-3-11-22(12-4-18)28(33)34)20-7-15-24(16-8-20)35-26-30/h1-16,26,30-34H,29H2. The van der Waals surface area contributed by atoms with Crippen LogP contribution in [0.4, 0.5) is 5.69 Å². The van der Waals surface area contributed by atoms with E-state index in [4.69, 9.17) is 15.4 Å². The molecule has 0 spiro atoms. The average molecular weight is 467 g/mol. The Labute approximate surface area is 204 Å². The van der Waals surface area contributed by atoms with Crippen LogP contribution in [0, 0.1) is 0 Å². The highest BCUT2D eigenvalue weighted by atomic mass is 16.5. The third kappa shape index (κ3) is 4.84. The number of benzene rings is 4. The van der Waals surface area contributed by atoms with Gasteiger partial charge in [-0.25, -0.2) is 0 Å². The maximum Gasteiger partial charge on any atom is 0.504 e. The lowest BCUT2D eigenvalue weighted by molar-refractivity contribution is 0.424. The lowest BCUT2D eigenvalue weighted by Crippen LogP contribution is -2.35. The Morgan fingerprint density at radius 3 is 1.26 bits per heavy atom. The van der Waals surface area contributed by atoms with Gasteiger partial charge < -0.3 is 35.5 Å². The second kappa shape index (κ2) is 10.4. The van der Waals surface area contributed by atoms with E-state index in [-0.39, 0.29) is 0 Å². The molecule has 7 nitrogen and oxygen atoms in total. The third-order valence-corrected chi connectivity index (χ3v) is 6.15. The summed E-state index contributed by atoms with van der Waals surface area (Å²) in [6.45, 7) is 0. The minimum absolute atomic E-state index is 0.352. The van der Waals surface area contributed by atoms with E-state index in [1.807, 2.05) is 60.7 Å². The maximum atomic E-state index is 9.62. The van der Waals surface area contributed by atoms with Crippen molar-refractivity contribution in [3.63, 3.8) is 0 Å². The molecule has 35 heavy (non-hydrogen) atoms. The molecule has 7 N–H and O–H groups in total. The molecule has 174 valence electrons. The zero-order chi connectivity index (χ0) is 25.0. The molecule has 0 aliphatic heterocycles. The van der Waals surface area contributed by atoms with Crippen LogP contribution in [0.1, 0.15) is 22.3 Å². The fourth-order valence-electron chi connectivity index (χ4n) is 4.42. The van der Waals surface area contributed by atoms with Gasteiger partial charge in [-0.3, -0.25) is 0 Å². The first kappa shape index (κ1) is 24.6. The first-order chi connectivity index (χ1) is 16.9. The molecule has 0 aromatic heterocycles. The maximum absolute atomic E-state index is 9.62. The van der Waals surface area contributed by atoms with Gasteiger partial charge in [-0.05, 0) is 57.4 Å². The minimum Gasteiger partial charge on any atom is -0.539 e. The quantitative estimate of drug-likeness (QED) is 0.119. The third-order valence-electron chi connectivity index (χ3n) is 6.15. The molecular weight excluding hydrogens is 443 g/mol. The Kier molecular flexibility index (Phi) is 7.30. The van der Waals surface area contributed by atoms with E-state index in [1.165, 1.54) is 0 Å². The van der Waals surface area contributed by atoms with Gasteiger partial charge in [0, 0.05) is 5.69 Å². The minimum atomic E-state index is -1.60. The lowest BCUT2D eigenvalue weighted by Gasteiger charge is -2.37. The highest BCUT2D eigenvalue weighted by Crippen LogP contribution is 2.45. The van der Waals surface area contributed by atoms with E-state index in [2.05, 4.69) is 0 Å². The molecule has 4 rings (SSSR count). The van der Waals surface area contributed by atoms with Gasteiger partial charge in [-0.2, -0.15) is 0 Å². The molecule has 0 radical (unpaired) electrons. The lowest BCUT2D eigenvalue weighted by atomic mass is 9.64. The van der Waals surface area contributed by atoms with E-state index in [0.29, 0.717) is 22.4 Å². The van der Waals surface area contributed by atoms with Crippen molar-refractivity contribution in [3.8, 4) is 5.75 Å². The Balaban J connectivity index is 2.03. The Bertz CT molecular complexity index is 1200. The molecule has 0 saturated carbocycles. The van der Waals surface area contributed by atoms with Crippen LogP contribution in [0.2, 0.25) is 0 Å². The zero-order valence-electron chi connectivity index (χ0n) is 18.8. The van der Waals surface area contributed by atoms with Crippen molar-refractivity contribution in [1.82, 2.24) is 0 Å². The highest BCUT2D eigenvalue weighted by Gasteiger charge is 2.38. The van der Waals surface area contributed by atoms with Crippen molar-refractivity contribution in [2.24, 2.45) is 0 Å². The number of rotatable bonds is 8. The van der Waals surface area contributed by atoms with Crippen LogP contribution in [0.3, 0.4) is 0 Å². The number of nitrogens with two attached hydrogens (primary N) is 1. The van der Waals surface area contributed by atoms with Crippen LogP contribution in [0.25, 0.3) is 0 Å². The number of nitrogen functional groups attached to an aromatic ring is 1. The molecule has 0 atom stereocenters. The SMILES string of the molecule is Nc1ccc(C(c2ccc(OBO)cc2)(c2ccc(B(O)O)cc2)c2ccc(B(O)O)cc2)cc1. The summed E-state index contributed by atoms with van der Waals surface area (Å²) in [5, 5.41) is 47.6. The summed E-state index contributed by atoms with van der Waals surface area (Å²) in [6.07, 6.45) is 0. The predicted octanol–water partition coefficient (Wildman–Crippen LogP) is -0.351. The predicted molar refractivity (Wildman–Crippen MR) is 139 cm³/mol. The van der Waals surface area contributed by atoms with Gasteiger partial charge in [0.25, 0.3) is 0 Å². The van der Waals surface area contributed by atoms with Crippen molar-refractivity contribution < 1.29 is 29.8 Å². The van der Waals surface area contributed by atoms with Gasteiger partial charge in [0.1, 0.15) is 5.75 Å². The van der Waals surface area contributed by atoms with Gasteiger partial charge in [0.15, 0.2) is 0 Å². The summed E-state index contributed by atoms with van der Waals surface area (Å²) < 4.78 is 5.22. The second-order valence-corrected chi connectivity index (χ2v) is 8.16. The Morgan fingerprint density at radius 2 is 0.914 bits per heavy atom. The summed E-state index contributed by atoms with van der Waals surface area (Å²) >= 11 is 0. The summed E-state index contributed by atoms with van der Waals surface area (Å²) in [5.74, 6) is 0.500. The highest BCUT2D eigenvalue weighted by molar-refractivity contribution is 6.58. The fourth-order valence-corrected chi connectivity index (χ4v) is 4.42. The monoisotopic (exact) mass is 467 g/mol. The van der Waals surface area contributed by atoms with Gasteiger partial charge >= 0.3 is 21.9 Å². The number of hydrogen-bond donors (Lipinski definition) is 6. The largest absolute Gasteiger partial charge is 0.539 e. The smallest absolute Gasteiger partial charge is 0.504 e.